The molecule has 10 heteroatoms. The molecular formula is C24H25FN6O3. The van der Waals surface area contributed by atoms with Crippen molar-refractivity contribution in [3.8, 4) is 17.2 Å². The average Bonchev–Trinajstić information content (AvgIpc) is 3.31. The van der Waals surface area contributed by atoms with E-state index in [1.807, 2.05) is 30.5 Å². The zero-order valence-corrected chi connectivity index (χ0v) is 18.3. The molecule has 1 aliphatic rings. The molecule has 1 fully saturated rings. The highest BCUT2D eigenvalue weighted by atomic mass is 19.1. The number of nitrogens with one attached hydrogen (secondary N) is 3. The summed E-state index contributed by atoms with van der Waals surface area (Å²) in [4.78, 5) is 11.4. The highest BCUT2D eigenvalue weighted by Gasteiger charge is 2.25. The van der Waals surface area contributed by atoms with Gasteiger partial charge in [-0.25, -0.2) is 9.37 Å². The maximum Gasteiger partial charge on any atom is 0.229 e. The third-order valence-electron chi connectivity index (χ3n) is 5.90. The van der Waals surface area contributed by atoms with E-state index in [0.717, 1.165) is 42.0 Å². The SMILES string of the molecule is N[C@H]1CCC[C@@H](Oc2c(Nc3nc(Nc4cccc5[nH]ccc45)ncc3F)ccc(O)c2O)C1. The van der Waals surface area contributed by atoms with Gasteiger partial charge in [-0.3, -0.25) is 0 Å². The number of nitrogens with two attached hydrogens (primary N) is 1. The van der Waals surface area contributed by atoms with Crippen LogP contribution in [-0.4, -0.2) is 37.3 Å². The number of benzene rings is 2. The van der Waals surface area contributed by atoms with Gasteiger partial charge in [-0.15, -0.1) is 0 Å². The molecule has 1 saturated carbocycles. The molecule has 0 spiro atoms. The van der Waals surface area contributed by atoms with Crippen LogP contribution >= 0.6 is 0 Å². The summed E-state index contributed by atoms with van der Waals surface area (Å²) in [5.41, 5.74) is 8.01. The Hall–Kier alpha value is -4.05. The fourth-order valence-corrected chi connectivity index (χ4v) is 4.19. The zero-order valence-electron chi connectivity index (χ0n) is 18.3. The summed E-state index contributed by atoms with van der Waals surface area (Å²) < 4.78 is 20.6. The predicted octanol–water partition coefficient (Wildman–Crippen LogP) is 4.64. The van der Waals surface area contributed by atoms with Crippen molar-refractivity contribution in [3.63, 3.8) is 0 Å². The van der Waals surface area contributed by atoms with Gasteiger partial charge in [0.15, 0.2) is 23.1 Å². The molecule has 7 N–H and O–H groups in total. The number of aromatic amines is 1. The summed E-state index contributed by atoms with van der Waals surface area (Å²) in [6.07, 6.45) is 5.85. The number of fused-ring (bicyclic) bond motifs is 1. The van der Waals surface area contributed by atoms with Gasteiger partial charge in [-0.2, -0.15) is 4.98 Å². The van der Waals surface area contributed by atoms with E-state index in [1.54, 1.807) is 0 Å². The van der Waals surface area contributed by atoms with Crippen molar-refractivity contribution in [2.75, 3.05) is 10.6 Å². The summed E-state index contributed by atoms with van der Waals surface area (Å²) in [6, 6.07) is 10.4. The summed E-state index contributed by atoms with van der Waals surface area (Å²) in [5.74, 6) is -1.38. The Balaban J connectivity index is 1.43. The van der Waals surface area contributed by atoms with Crippen molar-refractivity contribution in [1.29, 1.82) is 0 Å². The van der Waals surface area contributed by atoms with Gasteiger partial charge in [0.05, 0.1) is 17.6 Å². The number of halogens is 1. The molecular weight excluding hydrogens is 439 g/mol. The maximum atomic E-state index is 14.6. The van der Waals surface area contributed by atoms with Crippen molar-refractivity contribution >= 4 is 34.0 Å². The Labute approximate surface area is 194 Å². The number of hydrogen-bond acceptors (Lipinski definition) is 8. The van der Waals surface area contributed by atoms with Crippen molar-refractivity contribution in [1.82, 2.24) is 15.0 Å². The van der Waals surface area contributed by atoms with Crippen LogP contribution < -0.4 is 21.1 Å². The molecule has 2 aromatic carbocycles. The number of nitrogens with zero attached hydrogens (tertiary/aromatic N) is 2. The van der Waals surface area contributed by atoms with Crippen LogP contribution in [0.2, 0.25) is 0 Å². The van der Waals surface area contributed by atoms with E-state index in [-0.39, 0.29) is 41.1 Å². The number of aromatic hydroxyl groups is 2. The van der Waals surface area contributed by atoms with E-state index in [4.69, 9.17) is 10.5 Å². The average molecular weight is 465 g/mol. The van der Waals surface area contributed by atoms with Gasteiger partial charge < -0.3 is 36.3 Å². The first-order valence-electron chi connectivity index (χ1n) is 11.1. The lowest BCUT2D eigenvalue weighted by Crippen LogP contribution is -2.33. The van der Waals surface area contributed by atoms with Crippen molar-refractivity contribution in [2.24, 2.45) is 5.73 Å². The van der Waals surface area contributed by atoms with Crippen LogP contribution in [0.15, 0.2) is 48.8 Å². The zero-order chi connectivity index (χ0) is 23.7. The molecule has 0 unspecified atom stereocenters. The van der Waals surface area contributed by atoms with Crippen LogP contribution in [0, 0.1) is 5.82 Å². The standard InChI is InChI=1S/C24H25FN6O3/c25-16-12-28-24(30-18-6-2-5-17-15(18)9-10-27-17)31-23(16)29-19-7-8-20(32)21(33)22(19)34-14-4-1-3-13(26)11-14/h2,5-10,12-14,27,32-33H,1,3-4,11,26H2,(H2,28,29,30,31)/t13-,14+/m0/s1. The van der Waals surface area contributed by atoms with Crippen LogP contribution in [0.1, 0.15) is 25.7 Å². The van der Waals surface area contributed by atoms with Gasteiger partial charge >= 0.3 is 0 Å². The van der Waals surface area contributed by atoms with Gasteiger partial charge in [0.1, 0.15) is 6.10 Å². The molecule has 2 atom stereocenters. The molecule has 9 nitrogen and oxygen atoms in total. The number of anilines is 4. The van der Waals surface area contributed by atoms with Crippen molar-refractivity contribution in [2.45, 2.75) is 37.8 Å². The Bertz CT molecular complexity index is 1330. The monoisotopic (exact) mass is 464 g/mol. The highest BCUT2D eigenvalue weighted by molar-refractivity contribution is 5.93. The molecule has 1 aliphatic carbocycles. The number of hydrogen-bond donors (Lipinski definition) is 6. The Morgan fingerprint density at radius 3 is 2.82 bits per heavy atom. The number of phenols is 2. The van der Waals surface area contributed by atoms with E-state index >= 15 is 0 Å². The first kappa shape index (κ1) is 21.8. The fraction of sp³-hybridized carbons (Fsp3) is 0.250. The predicted molar refractivity (Wildman–Crippen MR) is 127 cm³/mol. The molecule has 0 radical (unpaired) electrons. The normalized spacial score (nSPS) is 18.1. The Morgan fingerprint density at radius 1 is 1.09 bits per heavy atom. The second-order valence-electron chi connectivity index (χ2n) is 8.36. The number of rotatable bonds is 6. The second-order valence-corrected chi connectivity index (χ2v) is 8.36. The van der Waals surface area contributed by atoms with E-state index in [2.05, 4.69) is 25.6 Å². The summed E-state index contributed by atoms with van der Waals surface area (Å²) in [7, 11) is 0. The number of aromatic nitrogens is 3. The molecule has 34 heavy (non-hydrogen) atoms. The first-order valence-corrected chi connectivity index (χ1v) is 11.1. The van der Waals surface area contributed by atoms with Crippen LogP contribution in [0.5, 0.6) is 17.2 Å². The van der Waals surface area contributed by atoms with Crippen molar-refractivity contribution in [3.05, 3.63) is 54.6 Å². The van der Waals surface area contributed by atoms with Crippen LogP contribution in [0.4, 0.5) is 27.5 Å². The highest BCUT2D eigenvalue weighted by Crippen LogP contribution is 2.44. The van der Waals surface area contributed by atoms with Gasteiger partial charge in [-0.1, -0.05) is 6.07 Å². The topological polar surface area (TPSA) is 141 Å². The summed E-state index contributed by atoms with van der Waals surface area (Å²) in [6.45, 7) is 0. The molecule has 5 rings (SSSR count). The minimum absolute atomic E-state index is 0.00651. The molecule has 0 bridgehead atoms. The van der Waals surface area contributed by atoms with Crippen LogP contribution in [-0.2, 0) is 0 Å². The number of phenolic OH excluding ortho intramolecular Hbond substituents is 2. The maximum absolute atomic E-state index is 14.6. The molecule has 2 heterocycles. The number of H-pyrrole nitrogens is 1. The van der Waals surface area contributed by atoms with E-state index in [9.17, 15) is 14.6 Å². The van der Waals surface area contributed by atoms with Gasteiger partial charge in [0.2, 0.25) is 11.7 Å². The van der Waals surface area contributed by atoms with Gasteiger partial charge in [0.25, 0.3) is 0 Å². The minimum atomic E-state index is -0.691. The quantitative estimate of drug-likeness (QED) is 0.179. The second kappa shape index (κ2) is 9.06. The van der Waals surface area contributed by atoms with Crippen LogP contribution in [0.3, 0.4) is 0 Å². The van der Waals surface area contributed by atoms with Crippen molar-refractivity contribution < 1.29 is 19.3 Å². The number of ether oxygens (including phenoxy) is 1. The smallest absolute Gasteiger partial charge is 0.229 e. The van der Waals surface area contributed by atoms with E-state index < -0.39 is 11.6 Å². The molecule has 4 aromatic rings. The lowest BCUT2D eigenvalue weighted by atomic mass is 9.93. The third kappa shape index (κ3) is 4.40. The van der Waals surface area contributed by atoms with E-state index in [1.165, 1.54) is 12.1 Å². The molecule has 2 aromatic heterocycles. The van der Waals surface area contributed by atoms with E-state index in [0.29, 0.717) is 6.42 Å². The first-order chi connectivity index (χ1) is 16.5. The fourth-order valence-electron chi connectivity index (χ4n) is 4.19. The molecule has 176 valence electrons. The largest absolute Gasteiger partial charge is 0.504 e. The Morgan fingerprint density at radius 2 is 1.97 bits per heavy atom. The minimum Gasteiger partial charge on any atom is -0.504 e. The van der Waals surface area contributed by atoms with Crippen LogP contribution in [0.25, 0.3) is 10.9 Å². The lowest BCUT2D eigenvalue weighted by Gasteiger charge is -2.28. The molecule has 0 saturated heterocycles. The van der Waals surface area contributed by atoms with Gasteiger partial charge in [0, 0.05) is 23.1 Å². The summed E-state index contributed by atoms with van der Waals surface area (Å²) >= 11 is 0. The van der Waals surface area contributed by atoms with Gasteiger partial charge in [-0.05, 0) is 56.0 Å². The lowest BCUT2D eigenvalue weighted by molar-refractivity contribution is 0.140. The third-order valence-corrected chi connectivity index (χ3v) is 5.90. The molecule has 0 amide bonds. The summed E-state index contributed by atoms with van der Waals surface area (Å²) in [5, 5.41) is 27.4. The Kier molecular flexibility index (Phi) is 5.81. The molecule has 0 aliphatic heterocycles.